The van der Waals surface area contributed by atoms with E-state index >= 15 is 0 Å². The van der Waals surface area contributed by atoms with Crippen LogP contribution in [-0.2, 0) is 0 Å². The smallest absolute Gasteiger partial charge is 0.204 e. The molecule has 0 heterocycles. The highest BCUT2D eigenvalue weighted by atomic mass is 19.2. The zero-order valence-corrected chi connectivity index (χ0v) is 21.8. The minimum Gasteiger partial charge on any atom is -0.490 e. The maximum absolute atomic E-state index is 14.4. The summed E-state index contributed by atoms with van der Waals surface area (Å²) in [5.41, 5.74) is 0. The predicted octanol–water partition coefficient (Wildman–Crippen LogP) is 9.50. The second kappa shape index (κ2) is 14.9. The lowest BCUT2D eigenvalue weighted by molar-refractivity contribution is 0.120. The molecule has 2 fully saturated rings. The minimum absolute atomic E-state index is 0.00971. The Morgan fingerprint density at radius 3 is 1.76 bits per heavy atom. The summed E-state index contributed by atoms with van der Waals surface area (Å²) < 4.78 is 39.8. The van der Waals surface area contributed by atoms with Crippen LogP contribution in [0.1, 0.15) is 117 Å². The molecule has 2 nitrogen and oxygen atoms in total. The number of unbranched alkanes of at least 4 members (excludes halogenated alkanes) is 5. The van der Waals surface area contributed by atoms with Gasteiger partial charge in [0.15, 0.2) is 11.5 Å². The van der Waals surface area contributed by atoms with Gasteiger partial charge < -0.3 is 9.47 Å². The van der Waals surface area contributed by atoms with Crippen molar-refractivity contribution in [2.75, 3.05) is 13.2 Å². The predicted molar refractivity (Wildman–Crippen MR) is 137 cm³/mol. The molecule has 0 atom stereocenters. The van der Waals surface area contributed by atoms with Crippen LogP contribution in [0.2, 0.25) is 0 Å². The fourth-order valence-electron chi connectivity index (χ4n) is 6.08. The van der Waals surface area contributed by atoms with Gasteiger partial charge in [0.2, 0.25) is 11.6 Å². The third-order valence-electron chi connectivity index (χ3n) is 8.41. The Bertz CT molecular complexity index is 691. The van der Waals surface area contributed by atoms with E-state index in [1.165, 1.54) is 89.2 Å². The van der Waals surface area contributed by atoms with Crippen LogP contribution in [0.4, 0.5) is 8.78 Å². The minimum atomic E-state index is -0.936. The molecule has 0 bridgehead atoms. The van der Waals surface area contributed by atoms with E-state index in [0.717, 1.165) is 43.4 Å². The molecule has 1 aromatic carbocycles. The molecule has 34 heavy (non-hydrogen) atoms. The summed E-state index contributed by atoms with van der Waals surface area (Å²) in [6.07, 6.45) is 20.7. The van der Waals surface area contributed by atoms with Gasteiger partial charge in [-0.1, -0.05) is 71.6 Å². The number of hydrogen-bond acceptors (Lipinski definition) is 2. The van der Waals surface area contributed by atoms with Crippen LogP contribution >= 0.6 is 0 Å². The Hall–Kier alpha value is -1.32. The first kappa shape index (κ1) is 27.3. The van der Waals surface area contributed by atoms with Crippen molar-refractivity contribution in [1.29, 1.82) is 0 Å². The van der Waals surface area contributed by atoms with Crippen molar-refractivity contribution in [2.24, 2.45) is 23.7 Å². The molecule has 1 aromatic rings. The number of halogens is 2. The quantitative estimate of drug-likeness (QED) is 0.248. The topological polar surface area (TPSA) is 18.5 Å². The van der Waals surface area contributed by atoms with Gasteiger partial charge in [0.1, 0.15) is 0 Å². The van der Waals surface area contributed by atoms with Crippen LogP contribution < -0.4 is 9.47 Å². The van der Waals surface area contributed by atoms with Gasteiger partial charge in [-0.2, -0.15) is 8.78 Å². The molecule has 0 spiro atoms. The first-order valence-electron chi connectivity index (χ1n) is 14.4. The molecule has 2 aliphatic rings. The zero-order chi connectivity index (χ0) is 24.2. The molecule has 4 heteroatoms. The maximum atomic E-state index is 14.4. The summed E-state index contributed by atoms with van der Waals surface area (Å²) in [4.78, 5) is 0. The second-order valence-corrected chi connectivity index (χ2v) is 11.0. The first-order valence-corrected chi connectivity index (χ1v) is 14.4. The van der Waals surface area contributed by atoms with Crippen molar-refractivity contribution in [3.05, 3.63) is 23.8 Å². The highest BCUT2D eigenvalue weighted by molar-refractivity contribution is 5.35. The van der Waals surface area contributed by atoms with E-state index in [1.807, 2.05) is 6.92 Å². The van der Waals surface area contributed by atoms with Crippen LogP contribution in [0, 0.1) is 35.3 Å². The van der Waals surface area contributed by atoms with Crippen molar-refractivity contribution >= 4 is 0 Å². The fraction of sp³-hybridized carbons (Fsp3) is 0.800. The van der Waals surface area contributed by atoms with Crippen LogP contribution in [0.25, 0.3) is 0 Å². The molecule has 0 amide bonds. The zero-order valence-electron chi connectivity index (χ0n) is 21.8. The molecular weight excluding hydrogens is 430 g/mol. The summed E-state index contributed by atoms with van der Waals surface area (Å²) in [5.74, 6) is 1.31. The summed E-state index contributed by atoms with van der Waals surface area (Å²) in [5, 5.41) is 0. The van der Waals surface area contributed by atoms with E-state index < -0.39 is 11.6 Å². The monoisotopic (exact) mass is 478 g/mol. The Morgan fingerprint density at radius 2 is 1.18 bits per heavy atom. The largest absolute Gasteiger partial charge is 0.490 e. The number of ether oxygens (including phenoxy) is 2. The summed E-state index contributed by atoms with van der Waals surface area (Å²) in [7, 11) is 0. The van der Waals surface area contributed by atoms with Gasteiger partial charge in [0.05, 0.1) is 13.2 Å². The lowest BCUT2D eigenvalue weighted by atomic mass is 9.69. The molecule has 2 aliphatic carbocycles. The molecule has 0 aromatic heterocycles. The molecule has 0 unspecified atom stereocenters. The van der Waals surface area contributed by atoms with E-state index in [0.29, 0.717) is 19.1 Å². The number of rotatable bonds is 14. The third kappa shape index (κ3) is 8.41. The average molecular weight is 479 g/mol. The van der Waals surface area contributed by atoms with Gasteiger partial charge in [-0.05, 0) is 80.8 Å². The van der Waals surface area contributed by atoms with Gasteiger partial charge in [-0.25, -0.2) is 0 Å². The van der Waals surface area contributed by atoms with E-state index in [-0.39, 0.29) is 11.5 Å². The second-order valence-electron chi connectivity index (χ2n) is 11.0. The molecule has 0 radical (unpaired) electrons. The summed E-state index contributed by atoms with van der Waals surface area (Å²) in [6.45, 7) is 5.19. The van der Waals surface area contributed by atoms with Crippen molar-refractivity contribution in [1.82, 2.24) is 0 Å². The number of benzene rings is 1. The van der Waals surface area contributed by atoms with Crippen LogP contribution in [0.5, 0.6) is 11.5 Å². The standard InChI is InChI=1S/C30H48F2O2/c1-3-5-7-8-9-10-23-11-15-25(16-12-23)26-17-13-24(14-18-26)22-34-28-20-19-27(29(31)30(28)32)33-21-6-4-2/h19-20,23-26H,3-18,21-22H2,1-2H3/t23-,24-,25-,26-. The normalized spacial score (nSPS) is 25.3. The molecule has 194 valence electrons. The van der Waals surface area contributed by atoms with Gasteiger partial charge in [-0.3, -0.25) is 0 Å². The van der Waals surface area contributed by atoms with Gasteiger partial charge in [0, 0.05) is 0 Å². The van der Waals surface area contributed by atoms with Gasteiger partial charge in [-0.15, -0.1) is 0 Å². The Labute approximate surface area is 207 Å². The van der Waals surface area contributed by atoms with Gasteiger partial charge in [0.25, 0.3) is 0 Å². The number of hydrogen-bond donors (Lipinski definition) is 0. The third-order valence-corrected chi connectivity index (χ3v) is 8.41. The van der Waals surface area contributed by atoms with E-state index in [1.54, 1.807) is 0 Å². The van der Waals surface area contributed by atoms with E-state index in [4.69, 9.17) is 9.47 Å². The van der Waals surface area contributed by atoms with Crippen LogP contribution in [0.15, 0.2) is 12.1 Å². The highest BCUT2D eigenvalue weighted by Gasteiger charge is 2.31. The Kier molecular flexibility index (Phi) is 12.0. The van der Waals surface area contributed by atoms with Crippen molar-refractivity contribution in [3.8, 4) is 11.5 Å². The van der Waals surface area contributed by atoms with Crippen molar-refractivity contribution in [3.63, 3.8) is 0 Å². The molecule has 2 saturated carbocycles. The lowest BCUT2D eigenvalue weighted by Crippen LogP contribution is -2.27. The van der Waals surface area contributed by atoms with Crippen molar-refractivity contribution in [2.45, 2.75) is 117 Å². The average Bonchev–Trinajstić information content (AvgIpc) is 2.87. The first-order chi connectivity index (χ1) is 16.6. The van der Waals surface area contributed by atoms with Crippen molar-refractivity contribution < 1.29 is 18.3 Å². The summed E-state index contributed by atoms with van der Waals surface area (Å²) in [6, 6.07) is 3.00. The molecule has 0 N–H and O–H groups in total. The molecule has 0 aliphatic heterocycles. The molecular formula is C30H48F2O2. The highest BCUT2D eigenvalue weighted by Crippen LogP contribution is 2.42. The van der Waals surface area contributed by atoms with E-state index in [9.17, 15) is 8.78 Å². The lowest BCUT2D eigenvalue weighted by Gasteiger charge is -2.38. The van der Waals surface area contributed by atoms with E-state index in [2.05, 4.69) is 6.92 Å². The van der Waals surface area contributed by atoms with Gasteiger partial charge >= 0.3 is 0 Å². The fourth-order valence-corrected chi connectivity index (χ4v) is 6.08. The Morgan fingerprint density at radius 1 is 0.647 bits per heavy atom. The molecule has 0 saturated heterocycles. The SMILES string of the molecule is CCCCCCC[C@H]1CC[C@H]([C@H]2CC[C@H](COc3ccc(OCCCC)c(F)c3F)CC2)CC1. The van der Waals surface area contributed by atoms with Crippen LogP contribution in [0.3, 0.4) is 0 Å². The molecule has 3 rings (SSSR count). The maximum Gasteiger partial charge on any atom is 0.204 e. The Balaban J connectivity index is 1.33. The van der Waals surface area contributed by atoms with Crippen LogP contribution in [-0.4, -0.2) is 13.2 Å². The summed E-state index contributed by atoms with van der Waals surface area (Å²) >= 11 is 0.